The molecule has 1 saturated heterocycles. The van der Waals surface area contributed by atoms with E-state index >= 15 is 0 Å². The van der Waals surface area contributed by atoms with Crippen molar-refractivity contribution in [2.45, 2.75) is 32.4 Å². The lowest BCUT2D eigenvalue weighted by Crippen LogP contribution is -2.39. The average molecular weight is 330 g/mol. The van der Waals surface area contributed by atoms with Gasteiger partial charge < -0.3 is 5.32 Å². The van der Waals surface area contributed by atoms with Crippen molar-refractivity contribution >= 4 is 23.2 Å². The molecule has 0 aromatic heterocycles. The summed E-state index contributed by atoms with van der Waals surface area (Å²) >= 11 is 5.92. The van der Waals surface area contributed by atoms with Gasteiger partial charge in [-0.15, -0.1) is 0 Å². The van der Waals surface area contributed by atoms with E-state index in [2.05, 4.69) is 16.2 Å². The number of carbonyl (C=O) groups excluding carboxylic acids is 1. The van der Waals surface area contributed by atoms with Crippen LogP contribution < -0.4 is 16.2 Å². The Labute approximate surface area is 141 Å². The molecule has 1 amide bonds. The fraction of sp³-hybridized carbons (Fsp3) is 0.278. The summed E-state index contributed by atoms with van der Waals surface area (Å²) in [4.78, 5) is 12.5. The van der Waals surface area contributed by atoms with E-state index < -0.39 is 0 Å². The molecule has 1 fully saturated rings. The molecule has 0 bridgehead atoms. The van der Waals surface area contributed by atoms with Gasteiger partial charge in [0.05, 0.1) is 0 Å². The van der Waals surface area contributed by atoms with E-state index in [0.29, 0.717) is 11.4 Å². The number of para-hydroxylation sites is 1. The highest BCUT2D eigenvalue weighted by atomic mass is 35.5. The van der Waals surface area contributed by atoms with Gasteiger partial charge in [-0.2, -0.15) is 0 Å². The number of carbonyl (C=O) groups is 1. The first kappa shape index (κ1) is 16.0. The first-order valence-electron chi connectivity index (χ1n) is 7.68. The number of nitrogens with one attached hydrogen (secondary N) is 3. The van der Waals surface area contributed by atoms with Crippen LogP contribution in [0.2, 0.25) is 5.02 Å². The summed E-state index contributed by atoms with van der Waals surface area (Å²) in [6, 6.07) is 13.5. The minimum Gasteiger partial charge on any atom is -0.324 e. The smallest absolute Gasteiger partial charge is 0.242 e. The summed E-state index contributed by atoms with van der Waals surface area (Å²) in [5.41, 5.74) is 10.4. The fourth-order valence-electron chi connectivity index (χ4n) is 2.86. The maximum absolute atomic E-state index is 12.5. The molecule has 120 valence electrons. The van der Waals surface area contributed by atoms with E-state index in [1.165, 1.54) is 0 Å². The van der Waals surface area contributed by atoms with E-state index in [1.807, 2.05) is 56.3 Å². The number of aryl methyl sites for hydroxylation is 2. The molecule has 0 spiro atoms. The van der Waals surface area contributed by atoms with E-state index in [4.69, 9.17) is 11.6 Å². The van der Waals surface area contributed by atoms with Crippen LogP contribution in [-0.2, 0) is 4.79 Å². The molecule has 1 aliphatic heterocycles. The normalized spacial score (nSPS) is 20.5. The van der Waals surface area contributed by atoms with Gasteiger partial charge in [0, 0.05) is 16.8 Å². The second kappa shape index (κ2) is 6.71. The predicted molar refractivity (Wildman–Crippen MR) is 93.4 cm³/mol. The average Bonchev–Trinajstić information content (AvgIpc) is 3.02. The Morgan fingerprint density at radius 3 is 2.39 bits per heavy atom. The van der Waals surface area contributed by atoms with Crippen molar-refractivity contribution in [3.63, 3.8) is 0 Å². The monoisotopic (exact) mass is 329 g/mol. The standard InChI is InChI=1S/C18H20ClN3O/c1-11-4-3-5-12(2)17(11)20-18(23)16-10-15(21-22-16)13-6-8-14(19)9-7-13/h3-9,15-16,21-22H,10H2,1-2H3,(H,20,23). The Hall–Kier alpha value is -1.88. The summed E-state index contributed by atoms with van der Waals surface area (Å²) in [6.45, 7) is 4.00. The van der Waals surface area contributed by atoms with Crippen molar-refractivity contribution in [2.75, 3.05) is 5.32 Å². The lowest BCUT2D eigenvalue weighted by molar-refractivity contribution is -0.117. The summed E-state index contributed by atoms with van der Waals surface area (Å²) < 4.78 is 0. The zero-order valence-electron chi connectivity index (χ0n) is 13.2. The molecular weight excluding hydrogens is 310 g/mol. The predicted octanol–water partition coefficient (Wildman–Crippen LogP) is 3.50. The molecule has 2 aromatic rings. The van der Waals surface area contributed by atoms with Gasteiger partial charge in [0.15, 0.2) is 0 Å². The minimum atomic E-state index is -0.269. The molecule has 3 rings (SSSR count). The van der Waals surface area contributed by atoms with Crippen molar-refractivity contribution in [3.8, 4) is 0 Å². The third-order valence-electron chi connectivity index (χ3n) is 4.22. The van der Waals surface area contributed by atoms with E-state index in [0.717, 1.165) is 22.4 Å². The first-order chi connectivity index (χ1) is 11.0. The third kappa shape index (κ3) is 3.55. The molecule has 2 atom stereocenters. The van der Waals surface area contributed by atoms with Crippen LogP contribution in [0.4, 0.5) is 5.69 Å². The first-order valence-corrected chi connectivity index (χ1v) is 8.06. The van der Waals surface area contributed by atoms with Crippen molar-refractivity contribution in [1.29, 1.82) is 0 Å². The zero-order valence-corrected chi connectivity index (χ0v) is 13.9. The van der Waals surface area contributed by atoms with Crippen LogP contribution in [0.25, 0.3) is 0 Å². The maximum atomic E-state index is 12.5. The van der Waals surface area contributed by atoms with Gasteiger partial charge in [-0.25, -0.2) is 10.9 Å². The fourth-order valence-corrected chi connectivity index (χ4v) is 2.99. The summed E-state index contributed by atoms with van der Waals surface area (Å²) in [5.74, 6) is -0.0219. The second-order valence-corrected chi connectivity index (χ2v) is 6.37. The number of rotatable bonds is 3. The summed E-state index contributed by atoms with van der Waals surface area (Å²) in [7, 11) is 0. The molecule has 5 heteroatoms. The third-order valence-corrected chi connectivity index (χ3v) is 4.47. The largest absolute Gasteiger partial charge is 0.324 e. The van der Waals surface area contributed by atoms with Crippen molar-refractivity contribution < 1.29 is 4.79 Å². The van der Waals surface area contributed by atoms with Gasteiger partial charge >= 0.3 is 0 Å². The van der Waals surface area contributed by atoms with Crippen molar-refractivity contribution in [1.82, 2.24) is 10.9 Å². The molecule has 0 radical (unpaired) electrons. The van der Waals surface area contributed by atoms with Crippen LogP contribution in [0.15, 0.2) is 42.5 Å². The Kier molecular flexibility index (Phi) is 4.66. The van der Waals surface area contributed by atoms with Gasteiger partial charge in [-0.1, -0.05) is 41.9 Å². The highest BCUT2D eigenvalue weighted by Crippen LogP contribution is 2.25. The van der Waals surface area contributed by atoms with Gasteiger partial charge in [-0.05, 0) is 49.1 Å². The highest BCUT2D eigenvalue weighted by molar-refractivity contribution is 6.30. The molecule has 1 aliphatic rings. The van der Waals surface area contributed by atoms with Crippen LogP contribution in [0.5, 0.6) is 0 Å². The Bertz CT molecular complexity index is 694. The number of hydrogen-bond donors (Lipinski definition) is 3. The van der Waals surface area contributed by atoms with Crippen molar-refractivity contribution in [2.24, 2.45) is 0 Å². The van der Waals surface area contributed by atoms with E-state index in [1.54, 1.807) is 0 Å². The number of halogens is 1. The zero-order chi connectivity index (χ0) is 16.4. The van der Waals surface area contributed by atoms with Gasteiger partial charge in [0.25, 0.3) is 0 Å². The summed E-state index contributed by atoms with van der Waals surface area (Å²) in [6.07, 6.45) is 0.693. The van der Waals surface area contributed by atoms with Crippen molar-refractivity contribution in [3.05, 3.63) is 64.2 Å². The van der Waals surface area contributed by atoms with Crippen LogP contribution in [-0.4, -0.2) is 11.9 Å². The van der Waals surface area contributed by atoms with Gasteiger partial charge in [0.1, 0.15) is 6.04 Å². The van der Waals surface area contributed by atoms with Gasteiger partial charge in [-0.3, -0.25) is 4.79 Å². The maximum Gasteiger partial charge on any atom is 0.242 e. The quantitative estimate of drug-likeness (QED) is 0.807. The van der Waals surface area contributed by atoms with Gasteiger partial charge in [0.2, 0.25) is 5.91 Å². The number of anilines is 1. The number of hydrogen-bond acceptors (Lipinski definition) is 3. The van der Waals surface area contributed by atoms with Crippen LogP contribution >= 0.6 is 11.6 Å². The highest BCUT2D eigenvalue weighted by Gasteiger charge is 2.30. The lowest BCUT2D eigenvalue weighted by Gasteiger charge is -2.14. The number of benzene rings is 2. The number of amides is 1. The molecule has 0 aliphatic carbocycles. The second-order valence-electron chi connectivity index (χ2n) is 5.94. The molecular formula is C18H20ClN3O. The van der Waals surface area contributed by atoms with E-state index in [-0.39, 0.29) is 18.0 Å². The molecule has 3 N–H and O–H groups in total. The Morgan fingerprint density at radius 1 is 1.09 bits per heavy atom. The molecule has 1 heterocycles. The van der Waals surface area contributed by atoms with Crippen LogP contribution in [0, 0.1) is 13.8 Å². The summed E-state index contributed by atoms with van der Waals surface area (Å²) in [5, 5.41) is 3.75. The number of hydrazine groups is 1. The lowest BCUT2D eigenvalue weighted by atomic mass is 10.0. The van der Waals surface area contributed by atoms with Crippen LogP contribution in [0.3, 0.4) is 0 Å². The SMILES string of the molecule is Cc1cccc(C)c1NC(=O)C1CC(c2ccc(Cl)cc2)NN1. The molecule has 2 aromatic carbocycles. The minimum absolute atomic E-state index is 0.0219. The topological polar surface area (TPSA) is 53.2 Å². The van der Waals surface area contributed by atoms with Crippen LogP contribution in [0.1, 0.15) is 29.2 Å². The van der Waals surface area contributed by atoms with E-state index in [9.17, 15) is 4.79 Å². The molecule has 23 heavy (non-hydrogen) atoms. The molecule has 4 nitrogen and oxygen atoms in total. The Morgan fingerprint density at radius 2 is 1.74 bits per heavy atom. The molecule has 2 unspecified atom stereocenters. The molecule has 0 saturated carbocycles. The Balaban J connectivity index is 1.67.